The number of hydrogen-bond acceptors (Lipinski definition) is 2. The Kier molecular flexibility index (Phi) is 11.1. The van der Waals surface area contributed by atoms with E-state index in [-0.39, 0.29) is 24.8 Å². The molecule has 4 heteroatoms. The molecule has 1 heterocycles. The van der Waals surface area contributed by atoms with Crippen molar-refractivity contribution in [1.29, 1.82) is 0 Å². The molecule has 1 aliphatic heterocycles. The molecule has 2 nitrogen and oxygen atoms in total. The second-order valence-electron chi connectivity index (χ2n) is 3.70. The molecular formula is C9H22Cl2N2. The van der Waals surface area contributed by atoms with Crippen LogP contribution in [0.15, 0.2) is 0 Å². The monoisotopic (exact) mass is 228 g/mol. The molecule has 1 saturated heterocycles. The van der Waals surface area contributed by atoms with Crippen molar-refractivity contribution in [2.75, 3.05) is 26.2 Å². The number of nitrogens with zero attached hydrogens (tertiary/aromatic N) is 1. The lowest BCUT2D eigenvalue weighted by Gasteiger charge is -2.28. The predicted octanol–water partition coefficient (Wildman–Crippen LogP) is 1.91. The molecule has 0 aromatic carbocycles. The van der Waals surface area contributed by atoms with Crippen molar-refractivity contribution in [3.63, 3.8) is 0 Å². The summed E-state index contributed by atoms with van der Waals surface area (Å²) in [6.45, 7) is 6.86. The van der Waals surface area contributed by atoms with Gasteiger partial charge in [-0.05, 0) is 38.4 Å². The Labute approximate surface area is 94.1 Å². The molecule has 0 bridgehead atoms. The van der Waals surface area contributed by atoms with E-state index in [4.69, 9.17) is 5.73 Å². The Balaban J connectivity index is 0. The highest BCUT2D eigenvalue weighted by atomic mass is 35.5. The zero-order chi connectivity index (χ0) is 8.10. The van der Waals surface area contributed by atoms with Gasteiger partial charge in [-0.25, -0.2) is 0 Å². The van der Waals surface area contributed by atoms with Crippen molar-refractivity contribution in [3.8, 4) is 0 Å². The molecule has 13 heavy (non-hydrogen) atoms. The van der Waals surface area contributed by atoms with Crippen LogP contribution in [0.2, 0.25) is 0 Å². The lowest BCUT2D eigenvalue weighted by Crippen LogP contribution is -2.35. The standard InChI is InChI=1S/C9H20N2.2ClH/c1-9(7-10)8-11-5-3-2-4-6-11;;/h9H,2-8,10H2,1H3;2*1H. The van der Waals surface area contributed by atoms with Gasteiger partial charge >= 0.3 is 0 Å². The van der Waals surface area contributed by atoms with Gasteiger partial charge in [-0.1, -0.05) is 13.3 Å². The van der Waals surface area contributed by atoms with Crippen LogP contribution < -0.4 is 5.73 Å². The summed E-state index contributed by atoms with van der Waals surface area (Å²) in [6, 6.07) is 0. The Morgan fingerprint density at radius 2 is 1.69 bits per heavy atom. The van der Waals surface area contributed by atoms with Gasteiger partial charge in [-0.3, -0.25) is 0 Å². The van der Waals surface area contributed by atoms with Gasteiger partial charge in [0.15, 0.2) is 0 Å². The third kappa shape index (κ3) is 6.55. The fraction of sp³-hybridized carbons (Fsp3) is 1.00. The summed E-state index contributed by atoms with van der Waals surface area (Å²) in [5.74, 6) is 0.674. The summed E-state index contributed by atoms with van der Waals surface area (Å²) >= 11 is 0. The van der Waals surface area contributed by atoms with Crippen LogP contribution in [0.1, 0.15) is 26.2 Å². The van der Waals surface area contributed by atoms with E-state index in [9.17, 15) is 0 Å². The Morgan fingerprint density at radius 1 is 1.15 bits per heavy atom. The maximum atomic E-state index is 5.56. The molecule has 0 aromatic rings. The second-order valence-corrected chi connectivity index (χ2v) is 3.70. The van der Waals surface area contributed by atoms with E-state index in [0.29, 0.717) is 5.92 Å². The first-order valence-corrected chi connectivity index (χ1v) is 4.75. The van der Waals surface area contributed by atoms with Gasteiger partial charge in [0.05, 0.1) is 0 Å². The van der Waals surface area contributed by atoms with E-state index in [0.717, 1.165) is 6.54 Å². The highest BCUT2D eigenvalue weighted by Crippen LogP contribution is 2.09. The van der Waals surface area contributed by atoms with Crippen LogP contribution in [0, 0.1) is 5.92 Å². The van der Waals surface area contributed by atoms with Gasteiger partial charge in [0.2, 0.25) is 0 Å². The minimum Gasteiger partial charge on any atom is -0.330 e. The number of halogens is 2. The number of piperidine rings is 1. The Bertz CT molecular complexity index is 106. The largest absolute Gasteiger partial charge is 0.330 e. The highest BCUT2D eigenvalue weighted by Gasteiger charge is 2.11. The summed E-state index contributed by atoms with van der Waals surface area (Å²) in [5.41, 5.74) is 5.56. The average Bonchev–Trinajstić information content (AvgIpc) is 2.06. The average molecular weight is 229 g/mol. The summed E-state index contributed by atoms with van der Waals surface area (Å²) in [4.78, 5) is 2.54. The zero-order valence-corrected chi connectivity index (χ0v) is 10.0. The number of rotatable bonds is 3. The van der Waals surface area contributed by atoms with Crippen molar-refractivity contribution < 1.29 is 0 Å². The molecule has 1 aliphatic rings. The second kappa shape index (κ2) is 9.07. The topological polar surface area (TPSA) is 29.3 Å². The number of hydrogen-bond donors (Lipinski definition) is 1. The van der Waals surface area contributed by atoms with Crippen molar-refractivity contribution in [2.24, 2.45) is 11.7 Å². The van der Waals surface area contributed by atoms with Crippen LogP contribution in [0.5, 0.6) is 0 Å². The molecule has 0 radical (unpaired) electrons. The quantitative estimate of drug-likeness (QED) is 0.801. The van der Waals surface area contributed by atoms with Crippen LogP contribution in [0.25, 0.3) is 0 Å². The summed E-state index contributed by atoms with van der Waals surface area (Å²) < 4.78 is 0. The van der Waals surface area contributed by atoms with E-state index >= 15 is 0 Å². The van der Waals surface area contributed by atoms with E-state index in [2.05, 4.69) is 11.8 Å². The van der Waals surface area contributed by atoms with E-state index in [1.807, 2.05) is 0 Å². The maximum Gasteiger partial charge on any atom is 0.00191 e. The molecule has 0 aliphatic carbocycles. The minimum atomic E-state index is 0. The smallest absolute Gasteiger partial charge is 0.00191 e. The van der Waals surface area contributed by atoms with E-state index in [1.54, 1.807) is 0 Å². The van der Waals surface area contributed by atoms with Crippen LogP contribution in [0.4, 0.5) is 0 Å². The lowest BCUT2D eigenvalue weighted by atomic mass is 10.1. The molecular weight excluding hydrogens is 207 g/mol. The first kappa shape index (κ1) is 15.9. The third-order valence-corrected chi connectivity index (χ3v) is 2.42. The van der Waals surface area contributed by atoms with Crippen molar-refractivity contribution in [1.82, 2.24) is 4.90 Å². The molecule has 0 spiro atoms. The fourth-order valence-corrected chi connectivity index (χ4v) is 1.66. The van der Waals surface area contributed by atoms with E-state index in [1.165, 1.54) is 38.9 Å². The summed E-state index contributed by atoms with van der Waals surface area (Å²) in [5, 5.41) is 0. The van der Waals surface area contributed by atoms with Crippen LogP contribution in [0.3, 0.4) is 0 Å². The van der Waals surface area contributed by atoms with E-state index < -0.39 is 0 Å². The van der Waals surface area contributed by atoms with Crippen molar-refractivity contribution in [3.05, 3.63) is 0 Å². The highest BCUT2D eigenvalue weighted by molar-refractivity contribution is 5.85. The number of nitrogens with two attached hydrogens (primary N) is 1. The molecule has 2 N–H and O–H groups in total. The molecule has 1 rings (SSSR count). The first-order valence-electron chi connectivity index (χ1n) is 4.75. The van der Waals surface area contributed by atoms with Crippen LogP contribution in [-0.2, 0) is 0 Å². The van der Waals surface area contributed by atoms with Crippen molar-refractivity contribution >= 4 is 24.8 Å². The van der Waals surface area contributed by atoms with Crippen molar-refractivity contribution in [2.45, 2.75) is 26.2 Å². The SMILES string of the molecule is CC(CN)CN1CCCCC1.Cl.Cl. The summed E-state index contributed by atoms with van der Waals surface area (Å²) in [7, 11) is 0. The zero-order valence-electron chi connectivity index (χ0n) is 8.37. The van der Waals surface area contributed by atoms with Gasteiger partial charge in [0.25, 0.3) is 0 Å². The lowest BCUT2D eigenvalue weighted by molar-refractivity contribution is 0.203. The van der Waals surface area contributed by atoms with Crippen LogP contribution in [-0.4, -0.2) is 31.1 Å². The van der Waals surface area contributed by atoms with Gasteiger partial charge in [0.1, 0.15) is 0 Å². The molecule has 82 valence electrons. The Hall–Kier alpha value is 0.500. The minimum absolute atomic E-state index is 0. The Morgan fingerprint density at radius 3 is 2.15 bits per heavy atom. The first-order chi connectivity index (χ1) is 5.33. The van der Waals surface area contributed by atoms with Gasteiger partial charge in [0, 0.05) is 6.54 Å². The normalized spacial score (nSPS) is 19.8. The molecule has 1 atom stereocenters. The molecule has 0 saturated carbocycles. The molecule has 0 amide bonds. The van der Waals surface area contributed by atoms with Crippen LogP contribution >= 0.6 is 24.8 Å². The summed E-state index contributed by atoms with van der Waals surface area (Å²) in [6.07, 6.45) is 4.20. The molecule has 1 fully saturated rings. The van der Waals surface area contributed by atoms with Gasteiger partial charge in [-0.15, -0.1) is 24.8 Å². The van der Waals surface area contributed by atoms with Gasteiger partial charge < -0.3 is 10.6 Å². The van der Waals surface area contributed by atoms with Gasteiger partial charge in [-0.2, -0.15) is 0 Å². The predicted molar refractivity (Wildman–Crippen MR) is 63.0 cm³/mol. The number of likely N-dealkylation sites (tertiary alicyclic amines) is 1. The molecule has 0 aromatic heterocycles. The maximum absolute atomic E-state index is 5.56. The third-order valence-electron chi connectivity index (χ3n) is 2.42. The fourth-order valence-electron chi connectivity index (χ4n) is 1.66. The molecule has 1 unspecified atom stereocenters.